The zero-order valence-corrected chi connectivity index (χ0v) is 11.1. The first kappa shape index (κ1) is 11.7. The summed E-state index contributed by atoms with van der Waals surface area (Å²) in [5, 5.41) is 9.84. The minimum atomic E-state index is -0.363. The molecule has 2 saturated carbocycles. The first-order valence-corrected chi connectivity index (χ1v) is 6.52. The predicted octanol–water partition coefficient (Wildman–Crippen LogP) is 2.18. The highest BCUT2D eigenvalue weighted by molar-refractivity contribution is 5.86. The number of rotatable bonds is 2. The molecular formula is C13H19N3O2. The van der Waals surface area contributed by atoms with E-state index in [4.69, 9.17) is 4.74 Å². The summed E-state index contributed by atoms with van der Waals surface area (Å²) in [6.07, 6.45) is 4.79. The number of aromatic amines is 1. The minimum absolute atomic E-state index is 0.00968. The van der Waals surface area contributed by atoms with Crippen molar-refractivity contribution in [2.75, 3.05) is 0 Å². The number of H-pyrrole nitrogens is 1. The number of fused-ring (bicyclic) bond motifs is 2. The van der Waals surface area contributed by atoms with Gasteiger partial charge in [0.2, 0.25) is 0 Å². The van der Waals surface area contributed by atoms with Gasteiger partial charge in [0, 0.05) is 5.41 Å². The van der Waals surface area contributed by atoms with E-state index in [0.717, 1.165) is 12.8 Å². The normalized spacial score (nSPS) is 36.8. The lowest BCUT2D eigenvalue weighted by atomic mass is 9.70. The number of nitrogens with one attached hydrogen (secondary N) is 1. The second-order valence-electron chi connectivity index (χ2n) is 6.36. The Hall–Kier alpha value is -1.39. The summed E-state index contributed by atoms with van der Waals surface area (Å²) in [5.41, 5.74) is 0.609. The predicted molar refractivity (Wildman–Crippen MR) is 64.8 cm³/mol. The molecule has 2 aliphatic rings. The van der Waals surface area contributed by atoms with E-state index in [-0.39, 0.29) is 28.6 Å². The number of aromatic nitrogens is 3. The third kappa shape index (κ3) is 1.36. The van der Waals surface area contributed by atoms with Gasteiger partial charge in [0.25, 0.3) is 0 Å². The van der Waals surface area contributed by atoms with Crippen LogP contribution in [0.2, 0.25) is 0 Å². The smallest absolute Gasteiger partial charge is 0.360 e. The molecule has 0 aliphatic heterocycles. The van der Waals surface area contributed by atoms with Gasteiger partial charge in [-0.3, -0.25) is 0 Å². The van der Waals surface area contributed by atoms with Crippen LogP contribution in [0.15, 0.2) is 6.20 Å². The van der Waals surface area contributed by atoms with Crippen molar-refractivity contribution in [2.45, 2.75) is 46.1 Å². The summed E-state index contributed by atoms with van der Waals surface area (Å²) in [4.78, 5) is 11.9. The number of esters is 1. The number of nitrogens with zero attached hydrogens (tertiary/aromatic N) is 2. The third-order valence-electron chi connectivity index (χ3n) is 5.59. The van der Waals surface area contributed by atoms with Gasteiger partial charge in [-0.2, -0.15) is 10.3 Å². The van der Waals surface area contributed by atoms with Crippen LogP contribution in [0.25, 0.3) is 0 Å². The summed E-state index contributed by atoms with van der Waals surface area (Å²) >= 11 is 0. The van der Waals surface area contributed by atoms with E-state index in [0.29, 0.717) is 5.92 Å². The molecular weight excluding hydrogens is 230 g/mol. The van der Waals surface area contributed by atoms with Crippen molar-refractivity contribution >= 4 is 5.97 Å². The molecule has 1 heterocycles. The lowest BCUT2D eigenvalue weighted by Crippen LogP contribution is -2.38. The van der Waals surface area contributed by atoms with E-state index in [1.54, 1.807) is 0 Å². The molecule has 18 heavy (non-hydrogen) atoms. The van der Waals surface area contributed by atoms with Crippen LogP contribution in [-0.4, -0.2) is 27.5 Å². The molecule has 2 bridgehead atoms. The van der Waals surface area contributed by atoms with Crippen molar-refractivity contribution in [3.63, 3.8) is 0 Å². The lowest BCUT2D eigenvalue weighted by molar-refractivity contribution is -0.0247. The lowest BCUT2D eigenvalue weighted by Gasteiger charge is -2.38. The van der Waals surface area contributed by atoms with Crippen molar-refractivity contribution in [3.8, 4) is 0 Å². The zero-order chi connectivity index (χ0) is 13.0. The van der Waals surface area contributed by atoms with Gasteiger partial charge in [-0.15, -0.1) is 5.10 Å². The van der Waals surface area contributed by atoms with Gasteiger partial charge in [-0.1, -0.05) is 20.8 Å². The van der Waals surface area contributed by atoms with Gasteiger partial charge >= 0.3 is 5.97 Å². The minimum Gasteiger partial charge on any atom is -0.457 e. The molecule has 0 aromatic carbocycles. The van der Waals surface area contributed by atoms with Crippen LogP contribution in [-0.2, 0) is 4.74 Å². The third-order valence-corrected chi connectivity index (χ3v) is 5.59. The van der Waals surface area contributed by atoms with Gasteiger partial charge in [0.05, 0.1) is 6.20 Å². The average molecular weight is 249 g/mol. The first-order valence-electron chi connectivity index (χ1n) is 6.52. The standard InChI is InChI=1S/C13H19N3O2/c1-12(2)8-4-5-13(12,3)10(6-8)18-11(17)9-7-14-16-15-9/h7-8,10H,4-6H2,1-3H3,(H,14,15,16). The molecule has 5 nitrogen and oxygen atoms in total. The Balaban J connectivity index is 1.78. The molecule has 2 fully saturated rings. The Labute approximate surface area is 106 Å². The molecule has 3 atom stereocenters. The molecule has 5 heteroatoms. The highest BCUT2D eigenvalue weighted by Crippen LogP contribution is 2.66. The van der Waals surface area contributed by atoms with Crippen molar-refractivity contribution in [3.05, 3.63) is 11.9 Å². The number of hydrogen-bond donors (Lipinski definition) is 1. The largest absolute Gasteiger partial charge is 0.457 e. The van der Waals surface area contributed by atoms with E-state index in [9.17, 15) is 4.79 Å². The van der Waals surface area contributed by atoms with Crippen molar-refractivity contribution in [1.29, 1.82) is 0 Å². The van der Waals surface area contributed by atoms with E-state index < -0.39 is 0 Å². The zero-order valence-electron chi connectivity index (χ0n) is 11.1. The highest BCUT2D eigenvalue weighted by atomic mass is 16.5. The molecule has 1 N–H and O–H groups in total. The van der Waals surface area contributed by atoms with Crippen LogP contribution in [0.4, 0.5) is 0 Å². The second kappa shape index (κ2) is 3.56. The fraction of sp³-hybridized carbons (Fsp3) is 0.769. The van der Waals surface area contributed by atoms with Crippen molar-refractivity contribution < 1.29 is 9.53 Å². The second-order valence-corrected chi connectivity index (χ2v) is 6.36. The molecule has 3 rings (SSSR count). The number of ether oxygens (including phenoxy) is 1. The maximum absolute atomic E-state index is 11.9. The maximum Gasteiger partial charge on any atom is 0.360 e. The Morgan fingerprint density at radius 3 is 2.78 bits per heavy atom. The number of hydrogen-bond acceptors (Lipinski definition) is 4. The Morgan fingerprint density at radius 2 is 2.28 bits per heavy atom. The van der Waals surface area contributed by atoms with Crippen LogP contribution in [0.5, 0.6) is 0 Å². The molecule has 1 aromatic heterocycles. The molecule has 98 valence electrons. The van der Waals surface area contributed by atoms with Crippen LogP contribution in [0, 0.1) is 16.7 Å². The van der Waals surface area contributed by atoms with Crippen LogP contribution in [0.3, 0.4) is 0 Å². The topological polar surface area (TPSA) is 67.9 Å². The SMILES string of the molecule is CC1(C)C2CCC1(C)C(OC(=O)c1cn[nH]n1)C2. The summed E-state index contributed by atoms with van der Waals surface area (Å²) in [6, 6.07) is 0. The number of carbonyl (C=O) groups excluding carboxylic acids is 1. The quantitative estimate of drug-likeness (QED) is 0.816. The summed E-state index contributed by atoms with van der Waals surface area (Å²) in [6.45, 7) is 6.85. The van der Waals surface area contributed by atoms with Gasteiger partial charge in [0.15, 0.2) is 5.69 Å². The fourth-order valence-electron chi connectivity index (χ4n) is 3.80. The van der Waals surface area contributed by atoms with Crippen molar-refractivity contribution in [2.24, 2.45) is 16.7 Å². The van der Waals surface area contributed by atoms with E-state index in [1.165, 1.54) is 12.6 Å². The van der Waals surface area contributed by atoms with Crippen molar-refractivity contribution in [1.82, 2.24) is 15.4 Å². The van der Waals surface area contributed by atoms with Crippen LogP contribution < -0.4 is 0 Å². The molecule has 0 saturated heterocycles. The number of carbonyl (C=O) groups is 1. The van der Waals surface area contributed by atoms with Crippen LogP contribution in [0.1, 0.15) is 50.5 Å². The van der Waals surface area contributed by atoms with Gasteiger partial charge < -0.3 is 4.74 Å². The average Bonchev–Trinajstić information content (AvgIpc) is 2.95. The van der Waals surface area contributed by atoms with E-state index in [1.807, 2.05) is 0 Å². The van der Waals surface area contributed by atoms with E-state index in [2.05, 4.69) is 36.2 Å². The molecule has 3 unspecified atom stereocenters. The molecule has 0 radical (unpaired) electrons. The molecule has 2 aliphatic carbocycles. The Kier molecular flexibility index (Phi) is 2.31. The highest BCUT2D eigenvalue weighted by Gasteiger charge is 2.62. The maximum atomic E-state index is 11.9. The monoisotopic (exact) mass is 249 g/mol. The van der Waals surface area contributed by atoms with Gasteiger partial charge in [-0.05, 0) is 30.6 Å². The summed E-state index contributed by atoms with van der Waals surface area (Å²) in [5.74, 6) is 0.302. The first-order chi connectivity index (χ1) is 8.45. The fourth-order valence-corrected chi connectivity index (χ4v) is 3.80. The summed E-state index contributed by atoms with van der Waals surface area (Å²) < 4.78 is 5.67. The van der Waals surface area contributed by atoms with Gasteiger partial charge in [0.1, 0.15) is 6.10 Å². The molecule has 0 spiro atoms. The van der Waals surface area contributed by atoms with Gasteiger partial charge in [-0.25, -0.2) is 4.79 Å². The van der Waals surface area contributed by atoms with E-state index >= 15 is 0 Å². The summed E-state index contributed by atoms with van der Waals surface area (Å²) in [7, 11) is 0. The molecule has 0 amide bonds. The molecule has 1 aromatic rings. The Morgan fingerprint density at radius 1 is 1.50 bits per heavy atom. The Bertz CT molecular complexity index is 469. The van der Waals surface area contributed by atoms with Crippen LogP contribution >= 0.6 is 0 Å².